The first-order valence-corrected chi connectivity index (χ1v) is 8.58. The van der Waals surface area contributed by atoms with Crippen LogP contribution in [-0.2, 0) is 9.53 Å². The van der Waals surface area contributed by atoms with Crippen molar-refractivity contribution in [2.75, 3.05) is 6.61 Å². The largest absolute Gasteiger partial charge is 0.464 e. The van der Waals surface area contributed by atoms with E-state index < -0.39 is 24.4 Å². The summed E-state index contributed by atoms with van der Waals surface area (Å²) in [6, 6.07) is 19.4. The molecule has 0 amide bonds. The molecule has 0 radical (unpaired) electrons. The van der Waals surface area contributed by atoms with Crippen molar-refractivity contribution in [3.8, 4) is 6.07 Å². The van der Waals surface area contributed by atoms with Crippen LogP contribution in [0.3, 0.4) is 0 Å². The molecule has 6 heteroatoms. The molecule has 2 rings (SSSR count). The molecule has 0 N–H and O–H groups in total. The molecule has 2 aromatic rings. The Bertz CT molecular complexity index is 776. The molecule has 0 fully saturated rings. The molecule has 27 heavy (non-hydrogen) atoms. The van der Waals surface area contributed by atoms with Crippen LogP contribution in [0.25, 0.3) is 0 Å². The molecule has 0 aliphatic heterocycles. The fraction of sp³-hybridized carbons (Fsp3) is 0.286. The summed E-state index contributed by atoms with van der Waals surface area (Å²) in [5.41, 5.74) is -1.00. The SMILES string of the molecule is CCOC(=O)C(CCC#N)(N=C(c1ccccc1)c1ccccc1)C(F)F. The van der Waals surface area contributed by atoms with Gasteiger partial charge < -0.3 is 4.74 Å². The number of alkyl halides is 2. The van der Waals surface area contributed by atoms with Crippen LogP contribution in [-0.4, -0.2) is 30.3 Å². The van der Waals surface area contributed by atoms with E-state index in [1.54, 1.807) is 60.7 Å². The smallest absolute Gasteiger partial charge is 0.340 e. The lowest BCUT2D eigenvalue weighted by molar-refractivity contribution is -0.156. The van der Waals surface area contributed by atoms with Gasteiger partial charge in [0.1, 0.15) is 0 Å². The van der Waals surface area contributed by atoms with Crippen molar-refractivity contribution in [2.45, 2.75) is 31.7 Å². The van der Waals surface area contributed by atoms with Gasteiger partial charge in [-0.25, -0.2) is 13.6 Å². The summed E-state index contributed by atoms with van der Waals surface area (Å²) < 4.78 is 33.2. The average Bonchev–Trinajstić information content (AvgIpc) is 2.69. The van der Waals surface area contributed by atoms with Gasteiger partial charge in [-0.3, -0.25) is 4.99 Å². The predicted molar refractivity (Wildman–Crippen MR) is 98.7 cm³/mol. The maximum absolute atomic E-state index is 14.1. The van der Waals surface area contributed by atoms with Crippen molar-refractivity contribution in [3.05, 3.63) is 71.8 Å². The van der Waals surface area contributed by atoms with Crippen LogP contribution in [0, 0.1) is 11.3 Å². The Hall–Kier alpha value is -3.07. The zero-order valence-corrected chi connectivity index (χ0v) is 14.9. The van der Waals surface area contributed by atoms with E-state index in [-0.39, 0.29) is 18.7 Å². The van der Waals surface area contributed by atoms with Gasteiger partial charge in [-0.05, 0) is 6.92 Å². The monoisotopic (exact) mass is 370 g/mol. The highest BCUT2D eigenvalue weighted by atomic mass is 19.3. The zero-order chi connectivity index (χ0) is 19.7. The van der Waals surface area contributed by atoms with Gasteiger partial charge in [0.2, 0.25) is 5.54 Å². The van der Waals surface area contributed by atoms with E-state index in [1.807, 2.05) is 6.07 Å². The maximum atomic E-state index is 14.1. The Kier molecular flexibility index (Phi) is 7.18. The Morgan fingerprint density at radius 1 is 1.11 bits per heavy atom. The first-order chi connectivity index (χ1) is 13.0. The van der Waals surface area contributed by atoms with Crippen molar-refractivity contribution in [3.63, 3.8) is 0 Å². The highest BCUT2D eigenvalue weighted by molar-refractivity contribution is 6.13. The number of rotatable bonds is 8. The summed E-state index contributed by atoms with van der Waals surface area (Å²) in [7, 11) is 0. The molecule has 0 spiro atoms. The van der Waals surface area contributed by atoms with Crippen molar-refractivity contribution >= 4 is 11.7 Å². The fourth-order valence-corrected chi connectivity index (χ4v) is 2.64. The molecular weight excluding hydrogens is 350 g/mol. The Morgan fingerprint density at radius 2 is 1.63 bits per heavy atom. The predicted octanol–water partition coefficient (Wildman–Crippen LogP) is 4.39. The second-order valence-corrected chi connectivity index (χ2v) is 5.80. The van der Waals surface area contributed by atoms with Gasteiger partial charge in [0.05, 0.1) is 18.4 Å². The van der Waals surface area contributed by atoms with Crippen molar-refractivity contribution in [1.29, 1.82) is 5.26 Å². The Labute approximate surface area is 157 Å². The molecule has 1 unspecified atom stereocenters. The highest BCUT2D eigenvalue weighted by Gasteiger charge is 2.49. The molecule has 2 aromatic carbocycles. The Morgan fingerprint density at radius 3 is 2.04 bits per heavy atom. The number of hydrogen-bond acceptors (Lipinski definition) is 4. The maximum Gasteiger partial charge on any atom is 0.340 e. The van der Waals surface area contributed by atoms with Gasteiger partial charge in [0.25, 0.3) is 6.43 Å². The molecule has 0 aromatic heterocycles. The van der Waals surface area contributed by atoms with Crippen LogP contribution < -0.4 is 0 Å². The summed E-state index contributed by atoms with van der Waals surface area (Å²) in [4.78, 5) is 16.7. The lowest BCUT2D eigenvalue weighted by Gasteiger charge is -2.27. The minimum atomic E-state index is -3.12. The van der Waals surface area contributed by atoms with Crippen molar-refractivity contribution in [2.24, 2.45) is 4.99 Å². The summed E-state index contributed by atoms with van der Waals surface area (Å²) in [6.07, 6.45) is -3.79. The number of nitriles is 1. The summed E-state index contributed by atoms with van der Waals surface area (Å²) >= 11 is 0. The molecule has 140 valence electrons. The van der Waals surface area contributed by atoms with Crippen molar-refractivity contribution in [1.82, 2.24) is 0 Å². The van der Waals surface area contributed by atoms with Crippen LogP contribution in [0.2, 0.25) is 0 Å². The number of nitrogens with zero attached hydrogens (tertiary/aromatic N) is 2. The third-order valence-electron chi connectivity index (χ3n) is 4.01. The third-order valence-corrected chi connectivity index (χ3v) is 4.01. The van der Waals surface area contributed by atoms with Crippen molar-refractivity contribution < 1.29 is 18.3 Å². The number of esters is 1. The standard InChI is InChI=1S/C21H20F2N2O2/c1-2-27-20(26)21(19(22)23,14-9-15-24)25-18(16-10-5-3-6-11-16)17-12-7-4-8-13-17/h3-8,10-13,19H,2,9,14H2,1H3. The second-order valence-electron chi connectivity index (χ2n) is 5.80. The van der Waals surface area contributed by atoms with Crippen LogP contribution >= 0.6 is 0 Å². The molecular formula is C21H20F2N2O2. The molecule has 0 aliphatic carbocycles. The van der Waals surface area contributed by atoms with E-state index in [9.17, 15) is 13.6 Å². The van der Waals surface area contributed by atoms with E-state index >= 15 is 0 Å². The highest BCUT2D eigenvalue weighted by Crippen LogP contribution is 2.30. The Balaban J connectivity index is 2.70. The van der Waals surface area contributed by atoms with Crippen LogP contribution in [0.1, 0.15) is 30.9 Å². The van der Waals surface area contributed by atoms with Crippen LogP contribution in [0.5, 0.6) is 0 Å². The molecule has 0 heterocycles. The number of aliphatic imine (C=N–C) groups is 1. The molecule has 0 saturated carbocycles. The van der Waals surface area contributed by atoms with Gasteiger partial charge in [-0.15, -0.1) is 0 Å². The normalized spacial score (nSPS) is 12.7. The third kappa shape index (κ3) is 4.76. The van der Waals surface area contributed by atoms with Gasteiger partial charge in [-0.1, -0.05) is 60.7 Å². The lowest BCUT2D eigenvalue weighted by atomic mass is 9.92. The van der Waals surface area contributed by atoms with E-state index in [0.29, 0.717) is 11.1 Å². The average molecular weight is 370 g/mol. The molecule has 0 aliphatic rings. The minimum absolute atomic E-state index is 0.0542. The van der Waals surface area contributed by atoms with Gasteiger partial charge in [-0.2, -0.15) is 5.26 Å². The first kappa shape index (κ1) is 20.2. The summed E-state index contributed by atoms with van der Waals surface area (Å²) in [6.45, 7) is 1.48. The topological polar surface area (TPSA) is 62.5 Å². The first-order valence-electron chi connectivity index (χ1n) is 8.58. The minimum Gasteiger partial charge on any atom is -0.464 e. The number of carbonyl (C=O) groups is 1. The quantitative estimate of drug-likeness (QED) is 0.511. The summed E-state index contributed by atoms with van der Waals surface area (Å²) in [5, 5.41) is 8.90. The molecule has 0 bridgehead atoms. The number of halogens is 2. The second kappa shape index (κ2) is 9.58. The van der Waals surface area contributed by atoms with Gasteiger partial charge in [0.15, 0.2) is 0 Å². The van der Waals surface area contributed by atoms with Crippen LogP contribution in [0.4, 0.5) is 8.78 Å². The van der Waals surface area contributed by atoms with E-state index in [1.165, 1.54) is 6.92 Å². The van der Waals surface area contributed by atoms with Gasteiger partial charge >= 0.3 is 5.97 Å². The van der Waals surface area contributed by atoms with Gasteiger partial charge in [0, 0.05) is 24.0 Å². The van der Waals surface area contributed by atoms with E-state index in [4.69, 9.17) is 10.00 Å². The molecule has 4 nitrogen and oxygen atoms in total. The fourth-order valence-electron chi connectivity index (χ4n) is 2.64. The number of benzene rings is 2. The number of ether oxygens (including phenoxy) is 1. The zero-order valence-electron chi connectivity index (χ0n) is 14.9. The molecule has 1 atom stereocenters. The summed E-state index contributed by atoms with van der Waals surface area (Å²) in [5.74, 6) is -1.13. The molecule has 0 saturated heterocycles. The number of carbonyl (C=O) groups excluding carboxylic acids is 1. The van der Waals surface area contributed by atoms with E-state index in [0.717, 1.165) is 0 Å². The van der Waals surface area contributed by atoms with E-state index in [2.05, 4.69) is 4.99 Å². The van der Waals surface area contributed by atoms with Crippen LogP contribution in [0.15, 0.2) is 65.7 Å². The lowest BCUT2D eigenvalue weighted by Crippen LogP contribution is -2.46. The number of hydrogen-bond donors (Lipinski definition) is 0.